The fourth-order valence-electron chi connectivity index (χ4n) is 0.912. The van der Waals surface area contributed by atoms with Crippen molar-refractivity contribution in [2.45, 2.75) is 13.3 Å². The summed E-state index contributed by atoms with van der Waals surface area (Å²) in [6, 6.07) is 0. The van der Waals surface area contributed by atoms with E-state index in [1.54, 1.807) is 13.0 Å². The van der Waals surface area contributed by atoms with Gasteiger partial charge in [0, 0.05) is 6.42 Å². The van der Waals surface area contributed by atoms with Crippen molar-refractivity contribution in [3.63, 3.8) is 0 Å². The van der Waals surface area contributed by atoms with E-state index in [0.717, 1.165) is 0 Å². The molecule has 0 saturated heterocycles. The van der Waals surface area contributed by atoms with Gasteiger partial charge in [-0.3, -0.25) is 9.59 Å². The molecule has 0 heterocycles. The van der Waals surface area contributed by atoms with Crippen molar-refractivity contribution in [2.75, 3.05) is 0 Å². The Hall–Kier alpha value is -1.12. The Morgan fingerprint density at radius 1 is 1.80 bits per heavy atom. The molecule has 1 N–H and O–H groups in total. The van der Waals surface area contributed by atoms with Gasteiger partial charge in [-0.2, -0.15) is 0 Å². The summed E-state index contributed by atoms with van der Waals surface area (Å²) in [4.78, 5) is 21.0. The lowest BCUT2D eigenvalue weighted by Gasteiger charge is -1.96. The summed E-state index contributed by atoms with van der Waals surface area (Å²) in [5.74, 6) is -1.23. The van der Waals surface area contributed by atoms with E-state index in [0.29, 0.717) is 0 Å². The lowest BCUT2D eigenvalue weighted by Crippen LogP contribution is -2.14. The van der Waals surface area contributed by atoms with Crippen molar-refractivity contribution in [1.82, 2.24) is 0 Å². The van der Waals surface area contributed by atoms with Crippen LogP contribution in [0.2, 0.25) is 0 Å². The summed E-state index contributed by atoms with van der Waals surface area (Å²) >= 11 is 0. The number of carbonyl (C=O) groups is 2. The predicted molar refractivity (Wildman–Crippen MR) is 34.5 cm³/mol. The molecule has 1 rings (SSSR count). The molecular weight excluding hydrogens is 132 g/mol. The molecule has 3 nitrogen and oxygen atoms in total. The molecule has 1 aliphatic carbocycles. The highest BCUT2D eigenvalue weighted by Gasteiger charge is 2.58. The lowest BCUT2D eigenvalue weighted by atomic mass is 10.1. The van der Waals surface area contributed by atoms with Gasteiger partial charge in [-0.1, -0.05) is 12.2 Å². The van der Waals surface area contributed by atoms with Crippen molar-refractivity contribution in [3.05, 3.63) is 12.2 Å². The standard InChI is InChI=1S/C7H8O3/c1-2-3-7(6(9)10)4-5(7)8/h2-3H,4H2,1H3,(H,9,10). The molecule has 0 aliphatic heterocycles. The highest BCUT2D eigenvalue weighted by Crippen LogP contribution is 2.42. The van der Waals surface area contributed by atoms with E-state index < -0.39 is 11.4 Å². The normalized spacial score (nSPS) is 31.1. The first kappa shape index (κ1) is 6.99. The van der Waals surface area contributed by atoms with Crippen molar-refractivity contribution >= 4 is 11.8 Å². The highest BCUT2D eigenvalue weighted by molar-refractivity contribution is 6.18. The number of carbonyl (C=O) groups excluding carboxylic acids is 1. The second-order valence-corrected chi connectivity index (χ2v) is 2.38. The minimum absolute atomic E-state index is 0.159. The van der Waals surface area contributed by atoms with E-state index >= 15 is 0 Å². The quantitative estimate of drug-likeness (QED) is 0.451. The van der Waals surface area contributed by atoms with E-state index in [-0.39, 0.29) is 12.2 Å². The minimum Gasteiger partial charge on any atom is -0.480 e. The molecule has 1 atom stereocenters. The van der Waals surface area contributed by atoms with Crippen LogP contribution in [0.3, 0.4) is 0 Å². The molecule has 1 unspecified atom stereocenters. The Labute approximate surface area is 58.4 Å². The minimum atomic E-state index is -1.14. The van der Waals surface area contributed by atoms with Gasteiger partial charge in [-0.05, 0) is 6.92 Å². The zero-order chi connectivity index (χ0) is 7.78. The van der Waals surface area contributed by atoms with E-state index in [1.807, 2.05) is 0 Å². The van der Waals surface area contributed by atoms with E-state index in [1.165, 1.54) is 6.08 Å². The second-order valence-electron chi connectivity index (χ2n) is 2.38. The number of carboxylic acids is 1. The fraction of sp³-hybridized carbons (Fsp3) is 0.429. The average Bonchev–Trinajstić information content (AvgIpc) is 2.44. The molecule has 54 valence electrons. The first-order valence-corrected chi connectivity index (χ1v) is 3.04. The maximum absolute atomic E-state index is 10.6. The lowest BCUT2D eigenvalue weighted by molar-refractivity contribution is -0.142. The number of allylic oxidation sites excluding steroid dienone is 1. The van der Waals surface area contributed by atoms with Crippen LogP contribution in [-0.4, -0.2) is 16.9 Å². The van der Waals surface area contributed by atoms with Crippen LogP contribution >= 0.6 is 0 Å². The largest absolute Gasteiger partial charge is 0.480 e. The molecule has 0 aromatic rings. The van der Waals surface area contributed by atoms with Crippen LogP contribution in [-0.2, 0) is 9.59 Å². The van der Waals surface area contributed by atoms with Gasteiger partial charge in [0.1, 0.15) is 0 Å². The Bertz CT molecular complexity index is 217. The molecule has 0 spiro atoms. The van der Waals surface area contributed by atoms with Gasteiger partial charge in [-0.25, -0.2) is 0 Å². The molecule has 1 fully saturated rings. The molecule has 1 saturated carbocycles. The monoisotopic (exact) mass is 140 g/mol. The third kappa shape index (κ3) is 0.744. The predicted octanol–water partition coefficient (Wildman–Crippen LogP) is 0.606. The van der Waals surface area contributed by atoms with Crippen LogP contribution in [0.1, 0.15) is 13.3 Å². The molecule has 3 heteroatoms. The van der Waals surface area contributed by atoms with Crippen molar-refractivity contribution in [2.24, 2.45) is 5.41 Å². The molecular formula is C7H8O3. The van der Waals surface area contributed by atoms with Gasteiger partial charge in [0.15, 0.2) is 11.2 Å². The molecule has 0 radical (unpaired) electrons. The summed E-state index contributed by atoms with van der Waals surface area (Å²) in [6.45, 7) is 1.70. The van der Waals surface area contributed by atoms with Crippen LogP contribution in [0.4, 0.5) is 0 Å². The van der Waals surface area contributed by atoms with E-state index in [4.69, 9.17) is 5.11 Å². The highest BCUT2D eigenvalue weighted by atomic mass is 16.4. The van der Waals surface area contributed by atoms with Gasteiger partial charge >= 0.3 is 5.97 Å². The van der Waals surface area contributed by atoms with E-state index in [9.17, 15) is 9.59 Å². The van der Waals surface area contributed by atoms with Crippen LogP contribution in [0.15, 0.2) is 12.2 Å². The topological polar surface area (TPSA) is 54.4 Å². The van der Waals surface area contributed by atoms with Gasteiger partial charge in [0.2, 0.25) is 0 Å². The first-order chi connectivity index (χ1) is 4.63. The number of ketones is 1. The van der Waals surface area contributed by atoms with Crippen LogP contribution in [0.25, 0.3) is 0 Å². The van der Waals surface area contributed by atoms with Crippen molar-refractivity contribution in [1.29, 1.82) is 0 Å². The Morgan fingerprint density at radius 2 is 2.30 bits per heavy atom. The van der Waals surface area contributed by atoms with Gasteiger partial charge < -0.3 is 5.11 Å². The molecule has 0 amide bonds. The number of Topliss-reactive ketones (excluding diaryl/α,β-unsaturated/α-hetero) is 1. The first-order valence-electron chi connectivity index (χ1n) is 3.04. The molecule has 0 bridgehead atoms. The maximum Gasteiger partial charge on any atom is 0.321 e. The number of hydrogen-bond donors (Lipinski definition) is 1. The molecule has 10 heavy (non-hydrogen) atoms. The number of rotatable bonds is 2. The molecule has 0 aromatic heterocycles. The fourth-order valence-corrected chi connectivity index (χ4v) is 0.912. The summed E-state index contributed by atoms with van der Waals surface area (Å²) < 4.78 is 0. The molecule has 0 aromatic carbocycles. The Kier molecular flexibility index (Phi) is 1.35. The molecule has 1 aliphatic rings. The Morgan fingerprint density at radius 3 is 2.40 bits per heavy atom. The van der Waals surface area contributed by atoms with Crippen LogP contribution in [0.5, 0.6) is 0 Å². The summed E-state index contributed by atoms with van der Waals surface area (Å²) in [5, 5.41) is 8.53. The average molecular weight is 140 g/mol. The SMILES string of the molecule is CC=CC1(C(=O)O)CC1=O. The number of carboxylic acid groups (broad SMARTS) is 1. The van der Waals surface area contributed by atoms with Gasteiger partial charge in [0.05, 0.1) is 0 Å². The summed E-state index contributed by atoms with van der Waals surface area (Å²) in [5.41, 5.74) is -1.14. The maximum atomic E-state index is 10.6. The van der Waals surface area contributed by atoms with Crippen LogP contribution in [0, 0.1) is 5.41 Å². The van der Waals surface area contributed by atoms with Gasteiger partial charge in [-0.15, -0.1) is 0 Å². The smallest absolute Gasteiger partial charge is 0.321 e. The second kappa shape index (κ2) is 1.94. The Balaban J connectivity index is 2.83. The van der Waals surface area contributed by atoms with E-state index in [2.05, 4.69) is 0 Å². The third-order valence-electron chi connectivity index (χ3n) is 1.64. The number of aliphatic carboxylic acids is 1. The van der Waals surface area contributed by atoms with Crippen molar-refractivity contribution in [3.8, 4) is 0 Å². The van der Waals surface area contributed by atoms with Gasteiger partial charge in [0.25, 0.3) is 0 Å². The zero-order valence-electron chi connectivity index (χ0n) is 5.63. The third-order valence-corrected chi connectivity index (χ3v) is 1.64. The summed E-state index contributed by atoms with van der Waals surface area (Å²) in [6.07, 6.45) is 3.20. The summed E-state index contributed by atoms with van der Waals surface area (Å²) in [7, 11) is 0. The zero-order valence-corrected chi connectivity index (χ0v) is 5.63. The van der Waals surface area contributed by atoms with Crippen LogP contribution < -0.4 is 0 Å². The van der Waals surface area contributed by atoms with Crippen molar-refractivity contribution < 1.29 is 14.7 Å². The number of hydrogen-bond acceptors (Lipinski definition) is 2.